The number of hydrogen-bond donors (Lipinski definition) is 2. The highest BCUT2D eigenvalue weighted by Gasteiger charge is 2.49. The van der Waals surface area contributed by atoms with Crippen molar-refractivity contribution in [2.75, 3.05) is 13.1 Å². The molecule has 0 saturated carbocycles. The first-order valence-electron chi connectivity index (χ1n) is 11.3. The van der Waals surface area contributed by atoms with E-state index in [-0.39, 0.29) is 18.2 Å². The summed E-state index contributed by atoms with van der Waals surface area (Å²) in [5.74, 6) is -0.292. The topological polar surface area (TPSA) is 82.5 Å². The number of pyridine rings is 1. The number of hydrogen-bond acceptors (Lipinski definition) is 4. The fourth-order valence-corrected chi connectivity index (χ4v) is 4.76. The molecule has 1 aromatic carbocycles. The first-order chi connectivity index (χ1) is 15.2. The zero-order valence-electron chi connectivity index (χ0n) is 20.3. The van der Waals surface area contributed by atoms with Crippen LogP contribution in [0, 0.1) is 19.3 Å². The number of carbonyl (C=O) groups is 2. The molecule has 0 aliphatic carbocycles. The summed E-state index contributed by atoms with van der Waals surface area (Å²) in [6.07, 6.45) is 2.16. The molecule has 33 heavy (non-hydrogen) atoms. The van der Waals surface area contributed by atoms with Crippen molar-refractivity contribution in [3.8, 4) is 0 Å². The summed E-state index contributed by atoms with van der Waals surface area (Å²) in [6.45, 7) is 12.2. The van der Waals surface area contributed by atoms with Crippen LogP contribution in [0.3, 0.4) is 0 Å². The summed E-state index contributed by atoms with van der Waals surface area (Å²) in [5, 5.41) is 15.1. The number of benzene rings is 1. The molecule has 1 aliphatic heterocycles. The number of nitrogens with zero attached hydrogens (tertiary/aromatic N) is 2. The van der Waals surface area contributed by atoms with Gasteiger partial charge in [0, 0.05) is 47.4 Å². The van der Waals surface area contributed by atoms with E-state index in [1.165, 1.54) is 0 Å². The number of carbonyl (C=O) groups excluding carboxylic acids is 2. The second-order valence-corrected chi connectivity index (χ2v) is 10.9. The number of aliphatic hydroxyl groups is 1. The molecule has 1 aliphatic rings. The van der Waals surface area contributed by atoms with E-state index >= 15 is 0 Å². The molecule has 0 radical (unpaired) electrons. The normalized spacial score (nSPS) is 20.4. The molecule has 1 atom stereocenters. The maximum Gasteiger partial charge on any atom is 0.253 e. The van der Waals surface area contributed by atoms with Crippen molar-refractivity contribution in [2.45, 2.75) is 65.5 Å². The molecule has 0 unspecified atom stereocenters. The molecule has 0 bridgehead atoms. The van der Waals surface area contributed by atoms with Gasteiger partial charge >= 0.3 is 0 Å². The van der Waals surface area contributed by atoms with Crippen molar-refractivity contribution in [3.63, 3.8) is 0 Å². The van der Waals surface area contributed by atoms with Gasteiger partial charge in [-0.25, -0.2) is 0 Å². The summed E-state index contributed by atoms with van der Waals surface area (Å²) in [6, 6.07) is 9.12. The Morgan fingerprint density at radius 1 is 1.21 bits per heavy atom. The highest BCUT2D eigenvalue weighted by molar-refractivity contribution is 6.30. The van der Waals surface area contributed by atoms with Crippen molar-refractivity contribution >= 4 is 23.4 Å². The number of amides is 2. The van der Waals surface area contributed by atoms with Crippen LogP contribution in [-0.4, -0.2) is 45.4 Å². The predicted molar refractivity (Wildman–Crippen MR) is 130 cm³/mol. The number of nitrogens with one attached hydrogen (secondary N) is 1. The first kappa shape index (κ1) is 25.2. The maximum absolute atomic E-state index is 13.2. The van der Waals surface area contributed by atoms with Crippen LogP contribution in [0.5, 0.6) is 0 Å². The van der Waals surface area contributed by atoms with E-state index in [0.717, 1.165) is 16.8 Å². The molecule has 1 aromatic heterocycles. The van der Waals surface area contributed by atoms with Crippen molar-refractivity contribution in [1.29, 1.82) is 0 Å². The summed E-state index contributed by atoms with van der Waals surface area (Å²) < 4.78 is 0. The minimum absolute atomic E-state index is 0.0507. The van der Waals surface area contributed by atoms with Crippen LogP contribution in [0.2, 0.25) is 5.02 Å². The number of piperidine rings is 1. The average Bonchev–Trinajstić information content (AvgIpc) is 2.69. The molecule has 178 valence electrons. The lowest BCUT2D eigenvalue weighted by molar-refractivity contribution is -0.154. The van der Waals surface area contributed by atoms with Crippen molar-refractivity contribution in [2.24, 2.45) is 5.41 Å². The lowest BCUT2D eigenvalue weighted by atomic mass is 9.66. The second kappa shape index (κ2) is 9.07. The number of aryl methyl sites for hydroxylation is 2. The minimum Gasteiger partial charge on any atom is -0.384 e. The van der Waals surface area contributed by atoms with Gasteiger partial charge in [-0.15, -0.1) is 0 Å². The van der Waals surface area contributed by atoms with Gasteiger partial charge in [-0.3, -0.25) is 14.6 Å². The van der Waals surface area contributed by atoms with Crippen LogP contribution >= 0.6 is 11.6 Å². The van der Waals surface area contributed by atoms with Crippen molar-refractivity contribution in [1.82, 2.24) is 15.2 Å². The van der Waals surface area contributed by atoms with Crippen molar-refractivity contribution < 1.29 is 14.7 Å². The fraction of sp³-hybridized carbons (Fsp3) is 0.500. The number of likely N-dealkylation sites (tertiary alicyclic amines) is 1. The largest absolute Gasteiger partial charge is 0.384 e. The van der Waals surface area contributed by atoms with Gasteiger partial charge in [0.05, 0.1) is 11.2 Å². The Morgan fingerprint density at radius 3 is 2.42 bits per heavy atom. The molecular formula is C26H34ClN3O3. The molecule has 6 nitrogen and oxygen atoms in total. The third-order valence-electron chi connectivity index (χ3n) is 6.66. The molecule has 0 spiro atoms. The summed E-state index contributed by atoms with van der Waals surface area (Å²) in [7, 11) is 0. The Morgan fingerprint density at radius 2 is 1.85 bits per heavy atom. The highest BCUT2D eigenvalue weighted by atomic mass is 35.5. The molecule has 3 rings (SSSR count). The van der Waals surface area contributed by atoms with Crippen LogP contribution in [0.25, 0.3) is 0 Å². The van der Waals surface area contributed by atoms with Gasteiger partial charge in [-0.05, 0) is 63.4 Å². The molecule has 7 heteroatoms. The molecular weight excluding hydrogens is 438 g/mol. The maximum atomic E-state index is 13.2. The van der Waals surface area contributed by atoms with Crippen LogP contribution in [-0.2, 0) is 10.4 Å². The standard InChI is InChI=1S/C26H34ClN3O3/c1-17-13-18(2)28-15-21(17)23(32)29-25(5,6)14-22(31)30-12-11-26(33,24(3,4)16-30)19-7-9-20(27)10-8-19/h7-10,13,15,33H,11-12,14,16H2,1-6H3,(H,29,32)/t26-/m0/s1. The SMILES string of the molecule is Cc1cc(C)c(C(=O)NC(C)(C)CC(=O)N2CC[C@](O)(c3ccc(Cl)cc3)C(C)(C)C2)cn1. The quantitative estimate of drug-likeness (QED) is 0.677. The van der Waals surface area contributed by atoms with Gasteiger partial charge in [0.15, 0.2) is 0 Å². The van der Waals surface area contributed by atoms with Gasteiger partial charge < -0.3 is 15.3 Å². The van der Waals surface area contributed by atoms with E-state index in [2.05, 4.69) is 10.3 Å². The third-order valence-corrected chi connectivity index (χ3v) is 6.91. The van der Waals surface area contributed by atoms with Crippen LogP contribution in [0.15, 0.2) is 36.5 Å². The molecule has 2 amide bonds. The summed E-state index contributed by atoms with van der Waals surface area (Å²) >= 11 is 6.02. The average molecular weight is 472 g/mol. The third kappa shape index (κ3) is 5.39. The Balaban J connectivity index is 1.68. The Labute approximate surface area is 201 Å². The fourth-order valence-electron chi connectivity index (χ4n) is 4.64. The molecule has 2 heterocycles. The Hall–Kier alpha value is -2.44. The molecule has 2 N–H and O–H groups in total. The van der Waals surface area contributed by atoms with E-state index in [0.29, 0.717) is 30.1 Å². The van der Waals surface area contributed by atoms with Gasteiger partial charge in [0.1, 0.15) is 0 Å². The lowest BCUT2D eigenvalue weighted by Crippen LogP contribution is -2.58. The smallest absolute Gasteiger partial charge is 0.253 e. The summed E-state index contributed by atoms with van der Waals surface area (Å²) in [4.78, 5) is 32.0. The zero-order chi connectivity index (χ0) is 24.6. The van der Waals surface area contributed by atoms with Gasteiger partial charge in [-0.2, -0.15) is 0 Å². The van der Waals surface area contributed by atoms with E-state index in [1.54, 1.807) is 23.2 Å². The van der Waals surface area contributed by atoms with Crippen LogP contribution in [0.1, 0.15) is 67.7 Å². The first-order valence-corrected chi connectivity index (χ1v) is 11.6. The number of rotatable bonds is 5. The van der Waals surface area contributed by atoms with Crippen LogP contribution < -0.4 is 5.32 Å². The minimum atomic E-state index is -1.06. The number of halogens is 1. The van der Waals surface area contributed by atoms with Crippen LogP contribution in [0.4, 0.5) is 0 Å². The van der Waals surface area contributed by atoms with Gasteiger partial charge in [0.25, 0.3) is 5.91 Å². The monoisotopic (exact) mass is 471 g/mol. The zero-order valence-corrected chi connectivity index (χ0v) is 21.1. The van der Waals surface area contributed by atoms with E-state index in [4.69, 9.17) is 11.6 Å². The molecule has 1 saturated heterocycles. The number of aromatic nitrogens is 1. The predicted octanol–water partition coefficient (Wildman–Crippen LogP) is 4.40. The van der Waals surface area contributed by atoms with Gasteiger partial charge in [-0.1, -0.05) is 37.6 Å². The molecule has 2 aromatic rings. The lowest BCUT2D eigenvalue weighted by Gasteiger charge is -2.51. The highest BCUT2D eigenvalue weighted by Crippen LogP contribution is 2.46. The van der Waals surface area contributed by atoms with Crippen molar-refractivity contribution in [3.05, 3.63) is 63.9 Å². The van der Waals surface area contributed by atoms with E-state index < -0.39 is 16.6 Å². The van der Waals surface area contributed by atoms with Gasteiger partial charge in [0.2, 0.25) is 5.91 Å². The van der Waals surface area contributed by atoms with E-state index in [1.807, 2.05) is 59.7 Å². The second-order valence-electron chi connectivity index (χ2n) is 10.5. The summed E-state index contributed by atoms with van der Waals surface area (Å²) in [5.41, 5.74) is 0.651. The Kier molecular flexibility index (Phi) is 6.92. The molecule has 1 fully saturated rings. The van der Waals surface area contributed by atoms with E-state index in [9.17, 15) is 14.7 Å². The Bertz CT molecular complexity index is 1050.